The lowest BCUT2D eigenvalue weighted by molar-refractivity contribution is 0.737. The van der Waals surface area contributed by atoms with Crippen LogP contribution in [0.4, 0.5) is 11.4 Å². The van der Waals surface area contributed by atoms with Gasteiger partial charge in [-0.2, -0.15) is 0 Å². The lowest BCUT2D eigenvalue weighted by atomic mass is 9.81. The summed E-state index contributed by atoms with van der Waals surface area (Å²) in [4.78, 5) is 2.57. The summed E-state index contributed by atoms with van der Waals surface area (Å²) < 4.78 is 4.88. The minimum absolute atomic E-state index is 0.268. The average Bonchev–Trinajstić information content (AvgIpc) is 3.92. The summed E-state index contributed by atoms with van der Waals surface area (Å²) in [6.07, 6.45) is 11.8. The van der Waals surface area contributed by atoms with Crippen LogP contribution in [0.3, 0.4) is 0 Å². The van der Waals surface area contributed by atoms with Crippen molar-refractivity contribution in [3.63, 3.8) is 0 Å². The van der Waals surface area contributed by atoms with E-state index in [4.69, 9.17) is 0 Å². The molecule has 57 heavy (non-hydrogen) atoms. The Morgan fingerprint density at radius 3 is 2.04 bits per heavy atom. The molecule has 2 aromatic heterocycles. The normalized spacial score (nSPS) is 17.1. The molecule has 2 atom stereocenters. The van der Waals surface area contributed by atoms with Gasteiger partial charge in [-0.05, 0) is 107 Å². The molecule has 0 N–H and O–H groups in total. The van der Waals surface area contributed by atoms with E-state index < -0.39 is 0 Å². The van der Waals surface area contributed by atoms with Crippen LogP contribution in [-0.4, -0.2) is 15.2 Å². The number of rotatable bonds is 5. The van der Waals surface area contributed by atoms with Crippen LogP contribution in [0.5, 0.6) is 0 Å². The molecule has 270 valence electrons. The molecule has 0 saturated carbocycles. The molecule has 12 rings (SSSR count). The van der Waals surface area contributed by atoms with Crippen LogP contribution in [0.1, 0.15) is 23.2 Å². The number of para-hydroxylation sites is 4. The molecule has 0 spiro atoms. The zero-order valence-corrected chi connectivity index (χ0v) is 31.5. The highest BCUT2D eigenvalue weighted by Gasteiger charge is 2.37. The molecule has 0 bridgehead atoms. The van der Waals surface area contributed by atoms with Gasteiger partial charge in [0.2, 0.25) is 0 Å². The molecule has 3 heteroatoms. The summed E-state index contributed by atoms with van der Waals surface area (Å²) in [6, 6.07) is 64.5. The third-order valence-electron chi connectivity index (χ3n) is 12.6. The van der Waals surface area contributed by atoms with E-state index in [1.807, 2.05) is 0 Å². The van der Waals surface area contributed by atoms with E-state index in [-0.39, 0.29) is 6.04 Å². The van der Waals surface area contributed by atoms with Gasteiger partial charge in [0.25, 0.3) is 0 Å². The van der Waals surface area contributed by atoms with Crippen LogP contribution < -0.4 is 4.90 Å². The monoisotopic (exact) mass is 729 g/mol. The molecule has 9 aromatic rings. The molecule has 2 aliphatic carbocycles. The second kappa shape index (κ2) is 12.7. The second-order valence-electron chi connectivity index (χ2n) is 15.6. The van der Waals surface area contributed by atoms with Crippen LogP contribution in [0.2, 0.25) is 0 Å². The van der Waals surface area contributed by atoms with Gasteiger partial charge in [-0.3, -0.25) is 0 Å². The second-order valence-corrected chi connectivity index (χ2v) is 15.6. The Bertz CT molecular complexity index is 3140. The molecule has 1 aliphatic heterocycles. The third-order valence-corrected chi connectivity index (χ3v) is 12.6. The largest absolute Gasteiger partial charge is 0.333 e. The van der Waals surface area contributed by atoms with Crippen molar-refractivity contribution >= 4 is 55.7 Å². The molecule has 3 aliphatic rings. The number of benzene rings is 7. The number of fused-ring (bicyclic) bond motifs is 9. The smallest absolute Gasteiger partial charge is 0.0633 e. The molecule has 0 amide bonds. The van der Waals surface area contributed by atoms with Crippen molar-refractivity contribution in [2.75, 3.05) is 4.90 Å². The van der Waals surface area contributed by atoms with E-state index in [0.29, 0.717) is 5.92 Å². The zero-order chi connectivity index (χ0) is 37.5. The Balaban J connectivity index is 0.918. The predicted octanol–water partition coefficient (Wildman–Crippen LogP) is 13.5. The van der Waals surface area contributed by atoms with Crippen LogP contribution in [0, 0.1) is 5.92 Å². The van der Waals surface area contributed by atoms with Gasteiger partial charge < -0.3 is 14.0 Å². The molecule has 0 fully saturated rings. The molecule has 0 radical (unpaired) electrons. The minimum atomic E-state index is 0.268. The molecular weight excluding hydrogens is 691 g/mol. The van der Waals surface area contributed by atoms with Crippen molar-refractivity contribution in [3.05, 3.63) is 217 Å². The SMILES string of the molecule is C1=CC(C2=CCC3C(=C2)c2ccccc2N3c2cccc(-c3ccccc3)c2)Cc2c1n(-c1ccc3c(c1)c1ccccc1n3-c1ccccc1)c1ccccc21. The Morgan fingerprint density at radius 2 is 1.18 bits per heavy atom. The fourth-order valence-corrected chi connectivity index (χ4v) is 10.0. The van der Waals surface area contributed by atoms with Crippen molar-refractivity contribution < 1.29 is 0 Å². The van der Waals surface area contributed by atoms with E-state index >= 15 is 0 Å². The van der Waals surface area contributed by atoms with Gasteiger partial charge in [0.1, 0.15) is 0 Å². The average molecular weight is 730 g/mol. The summed E-state index contributed by atoms with van der Waals surface area (Å²) in [6.45, 7) is 0. The van der Waals surface area contributed by atoms with Gasteiger partial charge in [0, 0.05) is 56.1 Å². The number of allylic oxidation sites excluding steroid dienone is 3. The summed E-state index contributed by atoms with van der Waals surface area (Å²) in [5.41, 5.74) is 18.0. The predicted molar refractivity (Wildman–Crippen MR) is 239 cm³/mol. The molecule has 3 heterocycles. The zero-order valence-electron chi connectivity index (χ0n) is 31.5. The molecule has 3 nitrogen and oxygen atoms in total. The topological polar surface area (TPSA) is 13.1 Å². The number of anilines is 2. The van der Waals surface area contributed by atoms with Crippen LogP contribution in [0.15, 0.2) is 200 Å². The maximum Gasteiger partial charge on any atom is 0.0633 e. The Morgan fingerprint density at radius 1 is 0.491 bits per heavy atom. The van der Waals surface area contributed by atoms with Crippen LogP contribution in [0.25, 0.3) is 66.9 Å². The fourth-order valence-electron chi connectivity index (χ4n) is 10.0. The molecular formula is C54H39N3. The summed E-state index contributed by atoms with van der Waals surface area (Å²) in [7, 11) is 0. The van der Waals surface area contributed by atoms with Crippen LogP contribution >= 0.6 is 0 Å². The Labute approximate surface area is 332 Å². The first-order chi connectivity index (χ1) is 28.3. The quantitative estimate of drug-likeness (QED) is 0.172. The van der Waals surface area contributed by atoms with Crippen molar-refractivity contribution in [2.24, 2.45) is 5.92 Å². The van der Waals surface area contributed by atoms with E-state index in [1.165, 1.54) is 94.6 Å². The fraction of sp³-hybridized carbons (Fsp3) is 0.0741. The van der Waals surface area contributed by atoms with E-state index in [0.717, 1.165) is 12.8 Å². The van der Waals surface area contributed by atoms with E-state index in [9.17, 15) is 0 Å². The first kappa shape index (κ1) is 32.2. The van der Waals surface area contributed by atoms with E-state index in [2.05, 4.69) is 214 Å². The Hall–Kier alpha value is -7.10. The molecule has 0 saturated heterocycles. The van der Waals surface area contributed by atoms with Crippen molar-refractivity contribution in [3.8, 4) is 22.5 Å². The van der Waals surface area contributed by atoms with Crippen LogP contribution in [-0.2, 0) is 6.42 Å². The minimum Gasteiger partial charge on any atom is -0.333 e. The number of nitrogens with zero attached hydrogens (tertiary/aromatic N) is 3. The highest BCUT2D eigenvalue weighted by molar-refractivity contribution is 6.10. The van der Waals surface area contributed by atoms with Gasteiger partial charge in [0.05, 0.1) is 22.6 Å². The van der Waals surface area contributed by atoms with Crippen molar-refractivity contribution in [2.45, 2.75) is 18.9 Å². The van der Waals surface area contributed by atoms with Gasteiger partial charge in [-0.15, -0.1) is 0 Å². The summed E-state index contributed by atoms with van der Waals surface area (Å²) in [5, 5.41) is 3.87. The summed E-state index contributed by atoms with van der Waals surface area (Å²) in [5.74, 6) is 0.305. The Kier molecular flexibility index (Phi) is 7.18. The first-order valence-electron chi connectivity index (χ1n) is 20.1. The lowest BCUT2D eigenvalue weighted by Gasteiger charge is -2.31. The number of aromatic nitrogens is 2. The van der Waals surface area contributed by atoms with Crippen molar-refractivity contribution in [1.82, 2.24) is 9.13 Å². The van der Waals surface area contributed by atoms with Gasteiger partial charge in [-0.1, -0.05) is 133 Å². The van der Waals surface area contributed by atoms with Gasteiger partial charge in [-0.25, -0.2) is 0 Å². The number of hydrogen-bond donors (Lipinski definition) is 0. The molecule has 2 unspecified atom stereocenters. The standard InChI is InChI=1S/C54H39N3/c1-3-14-36(15-4-1)37-16-13-19-41(32-37)56-50-24-11-7-20-43(50)46-33-38(26-29-52(46)56)39-27-30-53-47(34-39)44-21-8-12-25-51(44)57(53)42-28-31-54-48(35-42)45-22-9-10-23-49(45)55(54)40-17-5-2-6-18-40/h1-28,30-33,35,39,52H,29,34H2. The maximum absolute atomic E-state index is 2.57. The lowest BCUT2D eigenvalue weighted by Crippen LogP contribution is -2.28. The van der Waals surface area contributed by atoms with Gasteiger partial charge >= 0.3 is 0 Å². The third kappa shape index (κ3) is 4.98. The van der Waals surface area contributed by atoms with Crippen molar-refractivity contribution in [1.29, 1.82) is 0 Å². The maximum atomic E-state index is 2.57. The summed E-state index contributed by atoms with van der Waals surface area (Å²) >= 11 is 0. The first-order valence-corrected chi connectivity index (χ1v) is 20.1. The molecule has 7 aromatic carbocycles. The van der Waals surface area contributed by atoms with Gasteiger partial charge in [0.15, 0.2) is 0 Å². The highest BCUT2D eigenvalue weighted by atomic mass is 15.2. The van der Waals surface area contributed by atoms with E-state index in [1.54, 1.807) is 0 Å². The number of hydrogen-bond acceptors (Lipinski definition) is 1. The highest BCUT2D eigenvalue weighted by Crippen LogP contribution is 2.50.